The Kier molecular flexibility index (Phi) is 28.4. The predicted molar refractivity (Wildman–Crippen MR) is 331 cm³/mol. The van der Waals surface area contributed by atoms with Gasteiger partial charge in [-0.15, -0.1) is 0 Å². The van der Waals surface area contributed by atoms with E-state index < -0.39 is 144 Å². The molecule has 12 N–H and O–H groups in total. The smallest absolute Gasteiger partial charge is 0.408 e. The van der Waals surface area contributed by atoms with Crippen molar-refractivity contribution in [3.05, 3.63) is 130 Å². The molecule has 91 heavy (non-hydrogen) atoms. The van der Waals surface area contributed by atoms with Crippen LogP contribution >= 0.6 is 0 Å². The largest absolute Gasteiger partial charge is 0.460 e. The lowest BCUT2D eigenvalue weighted by Gasteiger charge is -2.28. The number of nitrogens with zero attached hydrogens (tertiary/aromatic N) is 4. The highest BCUT2D eigenvalue weighted by molar-refractivity contribution is 5.99. The van der Waals surface area contributed by atoms with E-state index in [-0.39, 0.29) is 37.6 Å². The Hall–Kier alpha value is -10.4. The standard InChI is InChI=1S/C61H79N15O15/c1-7-75(43-22-18-41(19-23-43)73-74-42-20-24-44(25-21-42)76(88)89)27-26-63-33-51(79)71-53(37(4)5)60(86)69-47-30-52(80)91-38(6)54(72-61(87)90-35-40-16-12-9-13-17-40)59(85)65-31-48(70-56(82)46(68-57(47)83)29-39-14-10-8-11-15-39)58(84)67-45(28-36(2)3)55(81)66-34-50(78)64-32-49(62)77/h8-25,36-38,45-48,53-54,63H,7,26-35H2,1-6H3,(H2,62,77)(H,64,78)(H,65,85)(H,66,81)(H,67,84)(H,68,83)(H,69,86)(H,70,82)(H,71,79)(H,72,87)/t38-,45+,46+,47+,48+,53+,54+/m1/s1. The molecule has 1 fully saturated rings. The van der Waals surface area contributed by atoms with E-state index in [4.69, 9.17) is 15.2 Å². The Bertz CT molecular complexity index is 3190. The molecular weight excluding hydrogens is 1180 g/mol. The highest BCUT2D eigenvalue weighted by Gasteiger charge is 2.38. The molecule has 0 spiro atoms. The van der Waals surface area contributed by atoms with Crippen LogP contribution in [0.1, 0.15) is 65.5 Å². The summed E-state index contributed by atoms with van der Waals surface area (Å²) in [5.41, 5.74) is 7.94. The molecule has 488 valence electrons. The Balaban J connectivity index is 1.36. The summed E-state index contributed by atoms with van der Waals surface area (Å²) in [6.07, 6.45) is -3.87. The molecule has 30 nitrogen and oxygen atoms in total. The average molecular weight is 1260 g/mol. The van der Waals surface area contributed by atoms with Gasteiger partial charge in [0.2, 0.25) is 53.2 Å². The summed E-state index contributed by atoms with van der Waals surface area (Å²) in [4.78, 5) is 163. The number of nitrogens with two attached hydrogens (primary N) is 1. The SMILES string of the molecule is CCN(CCNCC(=O)N[C@H](C(=O)N[C@H]1CC(=O)O[C@H](C)[C@H](NC(=O)OCc2ccccc2)C(=O)NC[C@@H](C(=O)N[C@@H](CC(C)C)C(=O)NCC(=O)NCC(N)=O)NC(=O)[C@H](Cc2ccccc2)NC1=O)C(C)C)c1ccc(N=Nc2ccc([N+](=O)[O-])cc2)cc1. The average Bonchev–Trinajstić information content (AvgIpc) is 2.12. The molecule has 4 aromatic rings. The molecule has 7 atom stereocenters. The lowest BCUT2D eigenvalue weighted by atomic mass is 10.0. The predicted octanol–water partition coefficient (Wildman–Crippen LogP) is 1.26. The van der Waals surface area contributed by atoms with Gasteiger partial charge in [-0.3, -0.25) is 58.1 Å². The molecule has 5 rings (SSSR count). The van der Waals surface area contributed by atoms with E-state index in [1.54, 1.807) is 100 Å². The van der Waals surface area contributed by atoms with Crippen LogP contribution in [0.3, 0.4) is 0 Å². The molecule has 0 radical (unpaired) electrons. The van der Waals surface area contributed by atoms with E-state index in [2.05, 4.69) is 63.4 Å². The van der Waals surface area contributed by atoms with E-state index in [1.807, 2.05) is 24.0 Å². The maximum Gasteiger partial charge on any atom is 0.408 e. The number of nitro groups is 1. The van der Waals surface area contributed by atoms with E-state index >= 15 is 0 Å². The first-order chi connectivity index (χ1) is 43.4. The number of nitro benzene ring substituents is 1. The molecule has 0 bridgehead atoms. The van der Waals surface area contributed by atoms with Gasteiger partial charge in [0.05, 0.1) is 42.4 Å². The first-order valence-electron chi connectivity index (χ1n) is 29.4. The molecular formula is C61H79N15O15. The summed E-state index contributed by atoms with van der Waals surface area (Å²) < 4.78 is 11.1. The number of primary amides is 1. The second-order valence-electron chi connectivity index (χ2n) is 21.9. The quantitative estimate of drug-likeness (QED) is 0.0125. The van der Waals surface area contributed by atoms with E-state index in [0.717, 1.165) is 5.69 Å². The second kappa shape index (κ2) is 36.2. The summed E-state index contributed by atoms with van der Waals surface area (Å²) in [6.45, 7) is 8.96. The molecule has 1 aliphatic heterocycles. The molecule has 1 aliphatic rings. The molecule has 30 heteroatoms. The van der Waals surface area contributed by atoms with Gasteiger partial charge in [-0.25, -0.2) is 4.79 Å². The van der Waals surface area contributed by atoms with Crippen molar-refractivity contribution in [1.82, 2.24) is 53.2 Å². The summed E-state index contributed by atoms with van der Waals surface area (Å²) in [7, 11) is 0. The molecule has 4 aromatic carbocycles. The first kappa shape index (κ1) is 71.4. The second-order valence-corrected chi connectivity index (χ2v) is 21.9. The zero-order chi connectivity index (χ0) is 66.6. The number of ether oxygens (including phenoxy) is 2. The number of esters is 1. The van der Waals surface area contributed by atoms with E-state index in [9.17, 15) is 62.9 Å². The molecule has 0 unspecified atom stereocenters. The number of hydrogen-bond acceptors (Lipinski definition) is 19. The fourth-order valence-electron chi connectivity index (χ4n) is 9.02. The number of alkyl carbamates (subject to hydrolysis) is 1. The summed E-state index contributed by atoms with van der Waals surface area (Å²) in [5, 5.41) is 44.8. The van der Waals surface area contributed by atoms with Crippen LogP contribution in [0.4, 0.5) is 27.5 Å². The van der Waals surface area contributed by atoms with Gasteiger partial charge in [0.1, 0.15) is 49.0 Å². The minimum absolute atomic E-state index is 0.00452. The molecule has 0 aliphatic carbocycles. The molecule has 0 aromatic heterocycles. The third-order valence-corrected chi connectivity index (χ3v) is 13.9. The highest BCUT2D eigenvalue weighted by Crippen LogP contribution is 2.24. The fraction of sp³-hybridized carbons (Fsp3) is 0.426. The van der Waals surface area contributed by atoms with Crippen LogP contribution in [-0.4, -0.2) is 158 Å². The number of hydrogen-bond donors (Lipinski definition) is 11. The van der Waals surface area contributed by atoms with Gasteiger partial charge < -0.3 is 73.3 Å². The molecule has 10 amide bonds. The van der Waals surface area contributed by atoms with Crippen molar-refractivity contribution in [3.63, 3.8) is 0 Å². The Morgan fingerprint density at radius 3 is 1.97 bits per heavy atom. The number of azo groups is 1. The van der Waals surface area contributed by atoms with Crippen molar-refractivity contribution in [3.8, 4) is 0 Å². The van der Waals surface area contributed by atoms with Gasteiger partial charge in [-0.2, -0.15) is 10.2 Å². The lowest BCUT2D eigenvalue weighted by Crippen LogP contribution is -2.62. The van der Waals surface area contributed by atoms with Gasteiger partial charge in [-0.1, -0.05) is 88.4 Å². The van der Waals surface area contributed by atoms with Gasteiger partial charge in [0, 0.05) is 50.4 Å². The number of carbonyl (C=O) groups is 11. The summed E-state index contributed by atoms with van der Waals surface area (Å²) in [6, 6.07) is 20.1. The monoisotopic (exact) mass is 1260 g/mol. The maximum absolute atomic E-state index is 14.7. The van der Waals surface area contributed by atoms with Gasteiger partial charge >= 0.3 is 12.1 Å². The molecule has 0 saturated carbocycles. The van der Waals surface area contributed by atoms with Crippen LogP contribution in [-0.2, 0) is 70.4 Å². The topological polar surface area (TPSA) is 424 Å². The normalized spacial score (nSPS) is 17.9. The fourth-order valence-corrected chi connectivity index (χ4v) is 9.02. The Labute approximate surface area is 525 Å². The number of anilines is 1. The van der Waals surface area contributed by atoms with E-state index in [1.165, 1.54) is 31.2 Å². The minimum Gasteiger partial charge on any atom is -0.460 e. The minimum atomic E-state index is -1.84. The van der Waals surface area contributed by atoms with Crippen molar-refractivity contribution in [1.29, 1.82) is 0 Å². The van der Waals surface area contributed by atoms with Gasteiger partial charge in [0.15, 0.2) is 0 Å². The third kappa shape index (κ3) is 24.6. The van der Waals surface area contributed by atoms with E-state index in [0.29, 0.717) is 42.1 Å². The third-order valence-electron chi connectivity index (χ3n) is 13.9. The first-order valence-corrected chi connectivity index (χ1v) is 29.4. The lowest BCUT2D eigenvalue weighted by molar-refractivity contribution is -0.384. The number of nitrogens with one attached hydrogen (secondary N) is 10. The molecule has 1 heterocycles. The highest BCUT2D eigenvalue weighted by atomic mass is 16.6. The van der Waals surface area contributed by atoms with Gasteiger partial charge in [-0.05, 0) is 79.6 Å². The number of rotatable bonds is 28. The summed E-state index contributed by atoms with van der Waals surface area (Å²) >= 11 is 0. The maximum atomic E-state index is 14.7. The molecule has 1 saturated heterocycles. The van der Waals surface area contributed by atoms with Crippen LogP contribution < -0.4 is 63.8 Å². The zero-order valence-electron chi connectivity index (χ0n) is 51.4. The Morgan fingerprint density at radius 2 is 1.37 bits per heavy atom. The Morgan fingerprint density at radius 1 is 0.747 bits per heavy atom. The number of non-ortho nitro benzene ring substituents is 1. The van der Waals surface area contributed by atoms with Crippen molar-refractivity contribution in [2.24, 2.45) is 27.8 Å². The van der Waals surface area contributed by atoms with Crippen molar-refractivity contribution in [2.75, 3.05) is 50.7 Å². The van der Waals surface area contributed by atoms with Crippen molar-refractivity contribution < 1.29 is 67.1 Å². The van der Waals surface area contributed by atoms with Crippen molar-refractivity contribution >= 4 is 88.0 Å². The van der Waals surface area contributed by atoms with Crippen LogP contribution in [0.15, 0.2) is 119 Å². The number of amides is 10. The zero-order valence-corrected chi connectivity index (χ0v) is 51.4. The van der Waals surface area contributed by atoms with Crippen LogP contribution in [0.25, 0.3) is 0 Å². The summed E-state index contributed by atoms with van der Waals surface area (Å²) in [5.74, 6) is -10.2. The number of cyclic esters (lactones) is 1. The van der Waals surface area contributed by atoms with Gasteiger partial charge in [0.25, 0.3) is 5.69 Å². The van der Waals surface area contributed by atoms with Crippen LogP contribution in [0.5, 0.6) is 0 Å². The van der Waals surface area contributed by atoms with Crippen LogP contribution in [0, 0.1) is 22.0 Å². The van der Waals surface area contributed by atoms with Crippen molar-refractivity contribution in [2.45, 2.75) is 110 Å². The number of benzene rings is 4. The number of likely N-dealkylation sites (N-methyl/N-ethyl adjacent to an activating group) is 1. The number of carbonyl (C=O) groups excluding carboxylic acids is 11. The van der Waals surface area contributed by atoms with Crippen LogP contribution in [0.2, 0.25) is 0 Å².